The van der Waals surface area contributed by atoms with Gasteiger partial charge in [0.1, 0.15) is 6.04 Å². The Kier molecular flexibility index (Phi) is 8.71. The van der Waals surface area contributed by atoms with Crippen molar-refractivity contribution < 1.29 is 34.2 Å². The van der Waals surface area contributed by atoms with E-state index in [-0.39, 0.29) is 16.2 Å². The first-order valence-electron chi connectivity index (χ1n) is 5.80. The van der Waals surface area contributed by atoms with Crippen molar-refractivity contribution in [2.45, 2.75) is 37.9 Å². The minimum atomic E-state index is -1.44. The zero-order valence-corrected chi connectivity index (χ0v) is 11.9. The largest absolute Gasteiger partial charge is 0.548 e. The number of nitrogens with zero attached hydrogens (tertiary/aromatic N) is 1. The quantitative estimate of drug-likeness (QED) is 0.471. The lowest BCUT2D eigenvalue weighted by molar-refractivity contribution is -0.307. The molecular weight excluding hydrogens is 288 g/mol. The summed E-state index contributed by atoms with van der Waals surface area (Å²) in [5.41, 5.74) is 4.99. The van der Waals surface area contributed by atoms with Gasteiger partial charge in [0.2, 0.25) is 0 Å². The number of hydroxylamine groups is 2. The normalized spacial score (nSPS) is 19.6. The summed E-state index contributed by atoms with van der Waals surface area (Å²) < 4.78 is 4.48. The van der Waals surface area contributed by atoms with E-state index >= 15 is 0 Å². The Morgan fingerprint density at radius 3 is 2.45 bits per heavy atom. The highest BCUT2D eigenvalue weighted by molar-refractivity contribution is 6.28. The van der Waals surface area contributed by atoms with Gasteiger partial charge in [-0.2, -0.15) is 5.06 Å². The third-order valence-corrected chi connectivity index (χ3v) is 2.85. The molecule has 2 unspecified atom stereocenters. The molecule has 9 nitrogen and oxygen atoms in total. The van der Waals surface area contributed by atoms with Gasteiger partial charge in [0.15, 0.2) is 0 Å². The SMILES string of the molecule is C[Si]OC(=O)CC(N)C(=O)[O-].O=C(O)C1CCCN1O. The second-order valence-electron chi connectivity index (χ2n) is 3.97. The number of hydrogen-bond donors (Lipinski definition) is 3. The fourth-order valence-electron chi connectivity index (χ4n) is 1.42. The van der Waals surface area contributed by atoms with E-state index in [0.29, 0.717) is 13.0 Å². The van der Waals surface area contributed by atoms with Crippen LogP contribution in [-0.4, -0.2) is 61.7 Å². The number of aliphatic carboxylic acids is 2. The molecule has 0 amide bonds. The van der Waals surface area contributed by atoms with Crippen LogP contribution in [0, 0.1) is 0 Å². The second-order valence-corrected chi connectivity index (χ2v) is 4.58. The summed E-state index contributed by atoms with van der Waals surface area (Å²) in [5.74, 6) is -2.99. The first-order valence-corrected chi connectivity index (χ1v) is 7.21. The monoisotopic (exact) mass is 305 g/mol. The Balaban J connectivity index is 0.000000367. The van der Waals surface area contributed by atoms with Gasteiger partial charge in [-0.05, 0) is 19.4 Å². The van der Waals surface area contributed by atoms with Crippen LogP contribution in [0.2, 0.25) is 6.55 Å². The maximum absolute atomic E-state index is 10.6. The van der Waals surface area contributed by atoms with Crippen molar-refractivity contribution in [3.05, 3.63) is 0 Å². The molecule has 0 aromatic rings. The average molecular weight is 305 g/mol. The van der Waals surface area contributed by atoms with E-state index < -0.39 is 30.0 Å². The van der Waals surface area contributed by atoms with Gasteiger partial charge in [-0.25, -0.2) is 0 Å². The Morgan fingerprint density at radius 1 is 1.55 bits per heavy atom. The molecule has 1 aliphatic heterocycles. The van der Waals surface area contributed by atoms with Crippen LogP contribution in [-0.2, 0) is 18.8 Å². The maximum atomic E-state index is 10.6. The molecule has 2 radical (unpaired) electrons. The highest BCUT2D eigenvalue weighted by Gasteiger charge is 2.28. The molecule has 10 heteroatoms. The first kappa shape index (κ1) is 18.5. The highest BCUT2D eigenvalue weighted by Crippen LogP contribution is 2.13. The number of carbonyl (C=O) groups excluding carboxylic acids is 2. The van der Waals surface area contributed by atoms with Crippen LogP contribution in [0.1, 0.15) is 19.3 Å². The van der Waals surface area contributed by atoms with Gasteiger partial charge in [0.05, 0.1) is 18.4 Å². The summed E-state index contributed by atoms with van der Waals surface area (Å²) in [4.78, 5) is 30.8. The number of rotatable bonds is 5. The molecule has 0 bridgehead atoms. The lowest BCUT2D eigenvalue weighted by Crippen LogP contribution is -2.43. The van der Waals surface area contributed by atoms with Crippen molar-refractivity contribution in [2.24, 2.45) is 5.73 Å². The predicted molar refractivity (Wildman–Crippen MR) is 64.5 cm³/mol. The van der Waals surface area contributed by atoms with Crippen LogP contribution in [0.25, 0.3) is 0 Å². The van der Waals surface area contributed by atoms with Gasteiger partial charge in [0, 0.05) is 6.54 Å². The predicted octanol–water partition coefficient (Wildman–Crippen LogP) is -2.41. The summed E-state index contributed by atoms with van der Waals surface area (Å²) in [7, 11) is 0.0128. The summed E-state index contributed by atoms with van der Waals surface area (Å²) in [6.07, 6.45) is 1.00. The molecule has 0 saturated carbocycles. The van der Waals surface area contributed by atoms with Crippen molar-refractivity contribution in [3.8, 4) is 0 Å². The maximum Gasteiger partial charge on any atom is 0.323 e. The van der Waals surface area contributed by atoms with Crippen molar-refractivity contribution >= 4 is 27.7 Å². The molecule has 1 heterocycles. The second kappa shape index (κ2) is 9.42. The standard InChI is InChI=1S/C5H9NO4Si.C5H9NO3/c1-11-10-4(7)2-3(6)5(8)9;7-5(8)4-2-1-3-6(4)9/h3H,2,6H2,1H3,(H,8,9);4,9H,1-3H2,(H,7,8)/p-1. The zero-order valence-electron chi connectivity index (χ0n) is 10.9. The van der Waals surface area contributed by atoms with Crippen LogP contribution >= 0.6 is 0 Å². The third-order valence-electron chi connectivity index (χ3n) is 2.41. The van der Waals surface area contributed by atoms with E-state index in [1.54, 1.807) is 6.55 Å². The van der Waals surface area contributed by atoms with E-state index in [2.05, 4.69) is 4.43 Å². The number of carboxylic acid groups (broad SMARTS) is 2. The van der Waals surface area contributed by atoms with E-state index in [4.69, 9.17) is 16.0 Å². The van der Waals surface area contributed by atoms with Gasteiger partial charge in [-0.15, -0.1) is 0 Å². The Bertz CT molecular complexity index is 352. The Morgan fingerprint density at radius 2 is 2.15 bits per heavy atom. The van der Waals surface area contributed by atoms with Crippen molar-refractivity contribution in [2.75, 3.05) is 6.54 Å². The van der Waals surface area contributed by atoms with E-state index in [1.807, 2.05) is 0 Å². The molecular formula is C10H17N2O7Si-. The molecule has 4 N–H and O–H groups in total. The van der Waals surface area contributed by atoms with Crippen molar-refractivity contribution in [1.29, 1.82) is 0 Å². The van der Waals surface area contributed by atoms with Crippen LogP contribution in [0.5, 0.6) is 0 Å². The van der Waals surface area contributed by atoms with E-state index in [1.165, 1.54) is 0 Å². The van der Waals surface area contributed by atoms with Gasteiger partial charge in [-0.1, -0.05) is 0 Å². The number of carbonyl (C=O) groups is 3. The third kappa shape index (κ3) is 7.18. The molecule has 20 heavy (non-hydrogen) atoms. The molecule has 2 atom stereocenters. The Hall–Kier alpha value is -1.49. The van der Waals surface area contributed by atoms with Crippen molar-refractivity contribution in [1.82, 2.24) is 5.06 Å². The molecule has 1 aliphatic rings. The highest BCUT2D eigenvalue weighted by atomic mass is 28.2. The van der Waals surface area contributed by atoms with Gasteiger partial charge in [-0.3, -0.25) is 9.59 Å². The minimum Gasteiger partial charge on any atom is -0.548 e. The molecule has 1 fully saturated rings. The molecule has 0 spiro atoms. The summed E-state index contributed by atoms with van der Waals surface area (Å²) in [5, 5.41) is 28.1. The fourth-order valence-corrected chi connectivity index (χ4v) is 1.73. The van der Waals surface area contributed by atoms with Gasteiger partial charge in [0.25, 0.3) is 5.97 Å². The van der Waals surface area contributed by atoms with Gasteiger partial charge < -0.3 is 30.4 Å². The average Bonchev–Trinajstić information content (AvgIpc) is 2.76. The molecule has 114 valence electrons. The lowest BCUT2D eigenvalue weighted by atomic mass is 10.2. The van der Waals surface area contributed by atoms with Crippen LogP contribution in [0.15, 0.2) is 0 Å². The van der Waals surface area contributed by atoms with Gasteiger partial charge >= 0.3 is 15.7 Å². The van der Waals surface area contributed by atoms with E-state index in [0.717, 1.165) is 11.5 Å². The van der Waals surface area contributed by atoms with Crippen LogP contribution in [0.4, 0.5) is 0 Å². The molecule has 1 saturated heterocycles. The molecule has 0 aliphatic carbocycles. The van der Waals surface area contributed by atoms with Crippen molar-refractivity contribution in [3.63, 3.8) is 0 Å². The number of nitrogens with two attached hydrogens (primary N) is 1. The smallest absolute Gasteiger partial charge is 0.323 e. The molecule has 1 rings (SSSR count). The lowest BCUT2D eigenvalue weighted by Gasteiger charge is -2.11. The summed E-state index contributed by atoms with van der Waals surface area (Å²) in [6, 6.07) is -1.93. The van der Waals surface area contributed by atoms with Crippen LogP contribution in [0.3, 0.4) is 0 Å². The molecule has 0 aromatic heterocycles. The summed E-state index contributed by atoms with van der Waals surface area (Å²) in [6.45, 7) is 2.14. The zero-order chi connectivity index (χ0) is 15.7. The number of carboxylic acids is 2. The number of hydrogen-bond acceptors (Lipinski definition) is 8. The fraction of sp³-hybridized carbons (Fsp3) is 0.700. The first-order chi connectivity index (χ1) is 9.29. The minimum absolute atomic E-state index is 0.0128. The summed E-state index contributed by atoms with van der Waals surface area (Å²) >= 11 is 0. The Labute approximate surface area is 118 Å². The topological polar surface area (TPSA) is 153 Å². The molecule has 0 aromatic carbocycles. The van der Waals surface area contributed by atoms with E-state index in [9.17, 15) is 19.5 Å². The van der Waals surface area contributed by atoms with Crippen LogP contribution < -0.4 is 10.8 Å².